The Morgan fingerprint density at radius 3 is 3.19 bits per heavy atom. The molecular formula is C12H13N3S. The van der Waals surface area contributed by atoms with Crippen LogP contribution in [0.3, 0.4) is 0 Å². The second-order valence-corrected chi connectivity index (χ2v) is 4.98. The van der Waals surface area contributed by atoms with E-state index in [4.69, 9.17) is 4.98 Å². The van der Waals surface area contributed by atoms with Gasteiger partial charge in [-0.1, -0.05) is 6.92 Å². The largest absolute Gasteiger partial charge is 0.384 e. The van der Waals surface area contributed by atoms with E-state index >= 15 is 0 Å². The number of aromatic nitrogens is 2. The Labute approximate surface area is 98.6 Å². The van der Waals surface area contributed by atoms with Gasteiger partial charge in [0.2, 0.25) is 0 Å². The summed E-state index contributed by atoms with van der Waals surface area (Å²) in [7, 11) is 0. The van der Waals surface area contributed by atoms with Gasteiger partial charge in [-0.25, -0.2) is 9.97 Å². The Morgan fingerprint density at radius 1 is 1.44 bits per heavy atom. The summed E-state index contributed by atoms with van der Waals surface area (Å²) in [5, 5.41) is 6.37. The van der Waals surface area contributed by atoms with E-state index in [9.17, 15) is 0 Å². The van der Waals surface area contributed by atoms with Gasteiger partial charge in [-0.15, -0.1) is 11.3 Å². The summed E-state index contributed by atoms with van der Waals surface area (Å²) in [5.74, 6) is 0.538. The van der Waals surface area contributed by atoms with Crippen LogP contribution in [-0.2, 0) is 0 Å². The van der Waals surface area contributed by atoms with Crippen molar-refractivity contribution in [3.05, 3.63) is 29.4 Å². The average molecular weight is 231 g/mol. The van der Waals surface area contributed by atoms with E-state index in [1.807, 2.05) is 17.6 Å². The second kappa shape index (κ2) is 3.87. The third-order valence-electron chi connectivity index (χ3n) is 2.94. The zero-order valence-electron chi connectivity index (χ0n) is 9.10. The summed E-state index contributed by atoms with van der Waals surface area (Å²) < 4.78 is 0. The van der Waals surface area contributed by atoms with Gasteiger partial charge < -0.3 is 5.32 Å². The molecule has 4 heteroatoms. The standard InChI is InChI=1S/C12H13N3S/c1-8-4-5-13-9-2-3-10(15-11(8)9)12-14-6-7-16-12/h2-3,6-8,13H,4-5H2,1H3/t8-/m1/s1. The van der Waals surface area contributed by atoms with Crippen molar-refractivity contribution in [1.29, 1.82) is 0 Å². The van der Waals surface area contributed by atoms with Crippen LogP contribution in [0.15, 0.2) is 23.7 Å². The molecule has 0 unspecified atom stereocenters. The lowest BCUT2D eigenvalue weighted by Gasteiger charge is -2.22. The summed E-state index contributed by atoms with van der Waals surface area (Å²) in [6.07, 6.45) is 2.98. The van der Waals surface area contributed by atoms with Gasteiger partial charge in [0.25, 0.3) is 0 Å². The van der Waals surface area contributed by atoms with Crippen molar-refractivity contribution in [2.45, 2.75) is 19.3 Å². The van der Waals surface area contributed by atoms with Gasteiger partial charge in [0.1, 0.15) is 5.01 Å². The molecule has 1 aliphatic rings. The minimum atomic E-state index is 0.538. The van der Waals surface area contributed by atoms with Crippen molar-refractivity contribution in [2.24, 2.45) is 0 Å². The summed E-state index contributed by atoms with van der Waals surface area (Å²) >= 11 is 1.63. The maximum atomic E-state index is 4.72. The molecule has 3 nitrogen and oxygen atoms in total. The zero-order chi connectivity index (χ0) is 11.0. The molecule has 2 aromatic rings. The number of anilines is 1. The van der Waals surface area contributed by atoms with Gasteiger partial charge in [-0.3, -0.25) is 0 Å². The minimum absolute atomic E-state index is 0.538. The van der Waals surface area contributed by atoms with Gasteiger partial charge in [-0.05, 0) is 18.6 Å². The molecule has 16 heavy (non-hydrogen) atoms. The number of rotatable bonds is 1. The number of nitrogens with one attached hydrogen (secondary N) is 1. The fourth-order valence-corrected chi connectivity index (χ4v) is 2.64. The van der Waals surface area contributed by atoms with Crippen molar-refractivity contribution in [3.8, 4) is 10.7 Å². The van der Waals surface area contributed by atoms with Gasteiger partial charge >= 0.3 is 0 Å². The maximum Gasteiger partial charge on any atom is 0.141 e. The highest BCUT2D eigenvalue weighted by molar-refractivity contribution is 7.13. The van der Waals surface area contributed by atoms with E-state index in [0.29, 0.717) is 5.92 Å². The molecule has 3 rings (SSSR count). The van der Waals surface area contributed by atoms with Crippen molar-refractivity contribution in [3.63, 3.8) is 0 Å². The summed E-state index contributed by atoms with van der Waals surface area (Å²) in [6.45, 7) is 3.28. The molecule has 1 N–H and O–H groups in total. The molecule has 0 radical (unpaired) electrons. The van der Waals surface area contributed by atoms with Crippen LogP contribution in [0.4, 0.5) is 5.69 Å². The third kappa shape index (κ3) is 1.59. The predicted molar refractivity (Wildman–Crippen MR) is 66.9 cm³/mol. The molecule has 0 aromatic carbocycles. The van der Waals surface area contributed by atoms with Crippen molar-refractivity contribution in [2.75, 3.05) is 11.9 Å². The molecule has 0 amide bonds. The quantitative estimate of drug-likeness (QED) is 0.819. The Hall–Kier alpha value is -1.42. The summed E-state index contributed by atoms with van der Waals surface area (Å²) in [6, 6.07) is 4.16. The predicted octanol–water partition coefficient (Wildman–Crippen LogP) is 3.12. The van der Waals surface area contributed by atoms with Gasteiger partial charge in [0.15, 0.2) is 0 Å². The Balaban J connectivity index is 2.07. The Morgan fingerprint density at radius 2 is 2.38 bits per heavy atom. The van der Waals surface area contributed by atoms with E-state index in [2.05, 4.69) is 23.3 Å². The normalized spacial score (nSPS) is 18.9. The Bertz CT molecular complexity index is 493. The highest BCUT2D eigenvalue weighted by Crippen LogP contribution is 2.32. The van der Waals surface area contributed by atoms with E-state index in [1.54, 1.807) is 11.3 Å². The third-order valence-corrected chi connectivity index (χ3v) is 3.73. The van der Waals surface area contributed by atoms with E-state index < -0.39 is 0 Å². The maximum absolute atomic E-state index is 4.72. The first-order valence-electron chi connectivity index (χ1n) is 5.49. The van der Waals surface area contributed by atoms with Crippen LogP contribution in [0.2, 0.25) is 0 Å². The molecule has 0 fully saturated rings. The summed E-state index contributed by atoms with van der Waals surface area (Å²) in [4.78, 5) is 9.02. The number of hydrogen-bond donors (Lipinski definition) is 1. The number of thiazole rings is 1. The number of pyridine rings is 1. The lowest BCUT2D eigenvalue weighted by molar-refractivity contribution is 0.662. The fourth-order valence-electron chi connectivity index (χ4n) is 2.03. The monoisotopic (exact) mass is 231 g/mol. The van der Waals surface area contributed by atoms with Crippen LogP contribution in [0.25, 0.3) is 10.7 Å². The molecule has 1 atom stereocenters. The van der Waals surface area contributed by atoms with Crippen molar-refractivity contribution in [1.82, 2.24) is 9.97 Å². The summed E-state index contributed by atoms with van der Waals surface area (Å²) in [5.41, 5.74) is 3.35. The van der Waals surface area contributed by atoms with E-state index in [0.717, 1.165) is 23.7 Å². The average Bonchev–Trinajstić information content (AvgIpc) is 2.83. The molecule has 0 saturated carbocycles. The van der Waals surface area contributed by atoms with Gasteiger partial charge in [0.05, 0.1) is 17.1 Å². The van der Waals surface area contributed by atoms with Crippen LogP contribution in [-0.4, -0.2) is 16.5 Å². The second-order valence-electron chi connectivity index (χ2n) is 4.08. The number of hydrogen-bond acceptors (Lipinski definition) is 4. The fraction of sp³-hybridized carbons (Fsp3) is 0.333. The molecule has 82 valence electrons. The van der Waals surface area contributed by atoms with Gasteiger partial charge in [-0.2, -0.15) is 0 Å². The van der Waals surface area contributed by atoms with Crippen LogP contribution in [0, 0.1) is 0 Å². The zero-order valence-corrected chi connectivity index (χ0v) is 9.92. The smallest absolute Gasteiger partial charge is 0.141 e. The molecule has 1 aliphatic heterocycles. The highest BCUT2D eigenvalue weighted by atomic mass is 32.1. The number of fused-ring (bicyclic) bond motifs is 1. The van der Waals surface area contributed by atoms with E-state index in [1.165, 1.54) is 11.4 Å². The lowest BCUT2D eigenvalue weighted by Crippen LogP contribution is -2.16. The first-order chi connectivity index (χ1) is 7.84. The van der Waals surface area contributed by atoms with Crippen LogP contribution >= 0.6 is 11.3 Å². The lowest BCUT2D eigenvalue weighted by atomic mass is 9.98. The molecule has 0 saturated heterocycles. The minimum Gasteiger partial charge on any atom is -0.384 e. The molecule has 0 spiro atoms. The first kappa shape index (κ1) is 9.78. The molecule has 0 bridgehead atoms. The Kier molecular flexibility index (Phi) is 2.36. The van der Waals surface area contributed by atoms with Crippen LogP contribution in [0.5, 0.6) is 0 Å². The van der Waals surface area contributed by atoms with Crippen LogP contribution in [0.1, 0.15) is 25.0 Å². The molecule has 2 aromatic heterocycles. The first-order valence-corrected chi connectivity index (χ1v) is 6.37. The van der Waals surface area contributed by atoms with Crippen molar-refractivity contribution < 1.29 is 0 Å². The van der Waals surface area contributed by atoms with Crippen molar-refractivity contribution >= 4 is 17.0 Å². The molecule has 3 heterocycles. The van der Waals surface area contributed by atoms with Gasteiger partial charge in [0, 0.05) is 24.0 Å². The molecule has 0 aliphatic carbocycles. The van der Waals surface area contributed by atoms with Crippen LogP contribution < -0.4 is 5.32 Å². The SMILES string of the molecule is C[C@@H]1CCNc2ccc(-c3nccs3)nc21. The topological polar surface area (TPSA) is 37.8 Å². The number of nitrogens with zero attached hydrogens (tertiary/aromatic N) is 2. The highest BCUT2D eigenvalue weighted by Gasteiger charge is 2.18. The molecular weight excluding hydrogens is 218 g/mol. The van der Waals surface area contributed by atoms with E-state index in [-0.39, 0.29) is 0 Å².